The van der Waals surface area contributed by atoms with Crippen molar-refractivity contribution in [1.82, 2.24) is 29.6 Å². The summed E-state index contributed by atoms with van der Waals surface area (Å²) in [5.41, 5.74) is 8.35. The monoisotopic (exact) mass is 423 g/mol. The summed E-state index contributed by atoms with van der Waals surface area (Å²) in [5.74, 6) is -2.17. The summed E-state index contributed by atoms with van der Waals surface area (Å²) < 4.78 is 28.7. The molecule has 0 spiro atoms. The van der Waals surface area contributed by atoms with Crippen molar-refractivity contribution in [3.63, 3.8) is 0 Å². The maximum Gasteiger partial charge on any atom is 0.255 e. The van der Waals surface area contributed by atoms with Gasteiger partial charge in [-0.1, -0.05) is 12.1 Å². The van der Waals surface area contributed by atoms with Crippen molar-refractivity contribution in [2.45, 2.75) is 18.8 Å². The van der Waals surface area contributed by atoms with E-state index in [0.717, 1.165) is 16.6 Å². The minimum Gasteiger partial charge on any atom is -0.368 e. The third-order valence-corrected chi connectivity index (χ3v) is 5.46. The molecule has 1 aromatic carbocycles. The highest BCUT2D eigenvalue weighted by Crippen LogP contribution is 2.29. The predicted molar refractivity (Wildman–Crippen MR) is 111 cm³/mol. The van der Waals surface area contributed by atoms with Gasteiger partial charge in [-0.15, -0.1) is 10.2 Å². The number of fused-ring (bicyclic) bond motifs is 1. The van der Waals surface area contributed by atoms with Gasteiger partial charge in [0, 0.05) is 55.0 Å². The molecule has 5 rings (SSSR count). The van der Waals surface area contributed by atoms with Gasteiger partial charge in [-0.2, -0.15) is 0 Å². The zero-order valence-electron chi connectivity index (χ0n) is 16.4. The van der Waals surface area contributed by atoms with E-state index in [1.807, 2.05) is 41.1 Å². The first-order valence-electron chi connectivity index (χ1n) is 9.83. The van der Waals surface area contributed by atoms with Crippen LogP contribution in [0.15, 0.2) is 48.8 Å². The maximum absolute atomic E-state index is 13.4. The standard InChI is InChI=1S/C21H19F2N7O/c22-21(23)5-8-29(9-6-21)19(31)15-10-14-4-7-30(18(14)25-12-15)16-3-1-2-13(11-16)17-26-20(24)28-27-17/h1-4,7,10-12H,5-6,8-9H2,(H3,24,26,27,28). The molecule has 3 aromatic heterocycles. The molecule has 1 saturated heterocycles. The lowest BCUT2D eigenvalue weighted by molar-refractivity contribution is -0.0494. The van der Waals surface area contributed by atoms with Gasteiger partial charge >= 0.3 is 0 Å². The van der Waals surface area contributed by atoms with Crippen LogP contribution in [0, 0.1) is 0 Å². The number of carbonyl (C=O) groups excluding carboxylic acids is 1. The number of carbonyl (C=O) groups is 1. The van der Waals surface area contributed by atoms with Crippen LogP contribution in [-0.4, -0.2) is 54.6 Å². The number of anilines is 1. The zero-order chi connectivity index (χ0) is 21.6. The van der Waals surface area contributed by atoms with Crippen molar-refractivity contribution in [3.8, 4) is 17.1 Å². The van der Waals surface area contributed by atoms with Crippen molar-refractivity contribution in [1.29, 1.82) is 0 Å². The number of aromatic nitrogens is 5. The van der Waals surface area contributed by atoms with E-state index in [9.17, 15) is 13.6 Å². The number of nitrogens with one attached hydrogen (secondary N) is 1. The SMILES string of the molecule is Nc1nnc(-c2cccc(-n3ccc4cc(C(=O)N5CCC(F)(F)CC5)cnc43)c2)[nH]1. The number of halogens is 2. The number of pyridine rings is 1. The van der Waals surface area contributed by atoms with Gasteiger partial charge in [0.2, 0.25) is 5.95 Å². The first-order chi connectivity index (χ1) is 14.9. The summed E-state index contributed by atoms with van der Waals surface area (Å²) in [5, 5.41) is 8.57. The Hall–Kier alpha value is -3.82. The van der Waals surface area contributed by atoms with Crippen molar-refractivity contribution >= 4 is 22.9 Å². The molecule has 1 fully saturated rings. The number of aromatic amines is 1. The average Bonchev–Trinajstić information content (AvgIpc) is 3.39. The zero-order valence-corrected chi connectivity index (χ0v) is 16.4. The molecule has 0 unspecified atom stereocenters. The highest BCUT2D eigenvalue weighted by molar-refractivity contribution is 5.97. The lowest BCUT2D eigenvalue weighted by Gasteiger charge is -2.31. The van der Waals surface area contributed by atoms with Crippen LogP contribution in [0.5, 0.6) is 0 Å². The van der Waals surface area contributed by atoms with E-state index >= 15 is 0 Å². The number of nitrogens with two attached hydrogens (primary N) is 1. The Morgan fingerprint density at radius 3 is 2.68 bits per heavy atom. The molecule has 10 heteroatoms. The average molecular weight is 423 g/mol. The van der Waals surface area contributed by atoms with Gasteiger partial charge in [-0.25, -0.2) is 13.8 Å². The Balaban J connectivity index is 1.43. The highest BCUT2D eigenvalue weighted by atomic mass is 19.3. The second-order valence-electron chi connectivity index (χ2n) is 7.58. The highest BCUT2D eigenvalue weighted by Gasteiger charge is 2.35. The van der Waals surface area contributed by atoms with Crippen LogP contribution in [0.2, 0.25) is 0 Å². The van der Waals surface area contributed by atoms with E-state index in [1.165, 1.54) is 11.1 Å². The second-order valence-corrected chi connectivity index (χ2v) is 7.58. The summed E-state index contributed by atoms with van der Waals surface area (Å²) in [4.78, 5) is 21.6. The summed E-state index contributed by atoms with van der Waals surface area (Å²) in [6.07, 6.45) is 2.74. The van der Waals surface area contributed by atoms with Crippen LogP contribution < -0.4 is 5.73 Å². The topological polar surface area (TPSA) is 106 Å². The van der Waals surface area contributed by atoms with Crippen LogP contribution in [0.25, 0.3) is 28.1 Å². The van der Waals surface area contributed by atoms with E-state index in [-0.39, 0.29) is 37.8 Å². The molecule has 0 radical (unpaired) electrons. The Morgan fingerprint density at radius 1 is 1.13 bits per heavy atom. The number of hydrogen-bond donors (Lipinski definition) is 2. The van der Waals surface area contributed by atoms with E-state index in [2.05, 4.69) is 20.2 Å². The molecule has 1 amide bonds. The number of rotatable bonds is 3. The van der Waals surface area contributed by atoms with Gasteiger partial charge in [-0.05, 0) is 24.3 Å². The number of nitrogen functional groups attached to an aromatic ring is 1. The molecule has 4 heterocycles. The number of benzene rings is 1. The van der Waals surface area contributed by atoms with Gasteiger partial charge in [0.05, 0.1) is 5.56 Å². The normalized spacial score (nSPS) is 16.0. The Kier molecular flexibility index (Phi) is 4.42. The smallest absolute Gasteiger partial charge is 0.255 e. The molecule has 0 aliphatic carbocycles. The number of amides is 1. The molecule has 1 aliphatic rings. The van der Waals surface area contributed by atoms with Crippen LogP contribution in [0.4, 0.5) is 14.7 Å². The molecule has 0 saturated carbocycles. The van der Waals surface area contributed by atoms with Crippen LogP contribution in [0.3, 0.4) is 0 Å². The summed E-state index contributed by atoms with van der Waals surface area (Å²) in [7, 11) is 0. The molecular weight excluding hydrogens is 404 g/mol. The largest absolute Gasteiger partial charge is 0.368 e. The third kappa shape index (κ3) is 3.60. The minimum absolute atomic E-state index is 0.0455. The van der Waals surface area contributed by atoms with E-state index in [1.54, 1.807) is 6.07 Å². The predicted octanol–water partition coefficient (Wildman–Crippen LogP) is 3.26. The number of H-pyrrole nitrogens is 1. The Morgan fingerprint density at radius 2 is 1.94 bits per heavy atom. The van der Waals surface area contributed by atoms with Gasteiger partial charge in [0.15, 0.2) is 5.82 Å². The lowest BCUT2D eigenvalue weighted by atomic mass is 10.1. The molecule has 1 aliphatic heterocycles. The maximum atomic E-state index is 13.4. The van der Waals surface area contributed by atoms with Gasteiger partial charge < -0.3 is 20.2 Å². The van der Waals surface area contributed by atoms with Gasteiger partial charge in [0.1, 0.15) is 5.65 Å². The fourth-order valence-electron chi connectivity index (χ4n) is 3.78. The van der Waals surface area contributed by atoms with Crippen LogP contribution in [0.1, 0.15) is 23.2 Å². The molecule has 158 valence electrons. The van der Waals surface area contributed by atoms with Crippen LogP contribution >= 0.6 is 0 Å². The van der Waals surface area contributed by atoms with E-state index in [0.29, 0.717) is 17.0 Å². The Bertz CT molecular complexity index is 1270. The molecule has 31 heavy (non-hydrogen) atoms. The fraction of sp³-hybridized carbons (Fsp3) is 0.238. The number of likely N-dealkylation sites (tertiary alicyclic amines) is 1. The minimum atomic E-state index is -2.69. The quantitative estimate of drug-likeness (QED) is 0.526. The molecule has 8 nitrogen and oxygen atoms in total. The van der Waals surface area contributed by atoms with Gasteiger partial charge in [0.25, 0.3) is 11.8 Å². The van der Waals surface area contributed by atoms with Crippen molar-refractivity contribution in [2.24, 2.45) is 0 Å². The van der Waals surface area contributed by atoms with Crippen molar-refractivity contribution < 1.29 is 13.6 Å². The molecule has 3 N–H and O–H groups in total. The second kappa shape index (κ2) is 7.15. The summed E-state index contributed by atoms with van der Waals surface area (Å²) in [6, 6.07) is 11.2. The molecule has 0 bridgehead atoms. The molecule has 4 aromatic rings. The number of piperidine rings is 1. The molecule has 0 atom stereocenters. The summed E-state index contributed by atoms with van der Waals surface area (Å²) >= 11 is 0. The van der Waals surface area contributed by atoms with Gasteiger partial charge in [-0.3, -0.25) is 4.79 Å². The van der Waals surface area contributed by atoms with Crippen LogP contribution in [-0.2, 0) is 0 Å². The van der Waals surface area contributed by atoms with E-state index in [4.69, 9.17) is 5.73 Å². The first kappa shape index (κ1) is 19.2. The number of nitrogens with zero attached hydrogens (tertiary/aromatic N) is 5. The van der Waals surface area contributed by atoms with Crippen molar-refractivity contribution in [2.75, 3.05) is 18.8 Å². The number of alkyl halides is 2. The first-order valence-corrected chi connectivity index (χ1v) is 9.83. The third-order valence-electron chi connectivity index (χ3n) is 5.46. The Labute approximate surface area is 175 Å². The van der Waals surface area contributed by atoms with E-state index < -0.39 is 5.92 Å². The summed E-state index contributed by atoms with van der Waals surface area (Å²) in [6.45, 7) is 0.0909. The van der Waals surface area contributed by atoms with Crippen molar-refractivity contribution in [3.05, 3.63) is 54.4 Å². The fourth-order valence-corrected chi connectivity index (χ4v) is 3.78. The lowest BCUT2D eigenvalue weighted by Crippen LogP contribution is -2.42. The molecular formula is C21H19F2N7O. The number of hydrogen-bond acceptors (Lipinski definition) is 5.